The van der Waals surface area contributed by atoms with Gasteiger partial charge in [-0.1, -0.05) is 6.07 Å². The minimum absolute atomic E-state index is 0.0201. The SMILES string of the molecule is CS(=O)(=O)CCC(N)c1nc2c(F)cccc2[nH]1. The third-order valence-corrected chi connectivity index (χ3v) is 3.61. The highest BCUT2D eigenvalue weighted by Gasteiger charge is 2.15. The van der Waals surface area contributed by atoms with Gasteiger partial charge in [0.2, 0.25) is 0 Å². The van der Waals surface area contributed by atoms with E-state index in [0.29, 0.717) is 11.3 Å². The molecule has 7 heteroatoms. The van der Waals surface area contributed by atoms with Gasteiger partial charge in [0.25, 0.3) is 0 Å². The molecule has 1 aromatic carbocycles. The van der Waals surface area contributed by atoms with E-state index in [1.54, 1.807) is 12.1 Å². The zero-order valence-electron chi connectivity index (χ0n) is 9.85. The Labute approximate surface area is 104 Å². The van der Waals surface area contributed by atoms with Crippen molar-refractivity contribution in [1.29, 1.82) is 0 Å². The number of halogens is 1. The van der Waals surface area contributed by atoms with Gasteiger partial charge in [0.1, 0.15) is 21.2 Å². The Morgan fingerprint density at radius 2 is 2.22 bits per heavy atom. The molecule has 5 nitrogen and oxygen atoms in total. The molecule has 98 valence electrons. The number of sulfone groups is 1. The van der Waals surface area contributed by atoms with Crippen molar-refractivity contribution in [3.05, 3.63) is 29.8 Å². The van der Waals surface area contributed by atoms with Crippen molar-refractivity contribution in [2.45, 2.75) is 12.5 Å². The van der Waals surface area contributed by atoms with Gasteiger partial charge in [0.15, 0.2) is 5.82 Å². The molecule has 0 aliphatic rings. The molecule has 0 radical (unpaired) electrons. The minimum Gasteiger partial charge on any atom is -0.341 e. The van der Waals surface area contributed by atoms with Crippen molar-refractivity contribution in [2.24, 2.45) is 5.73 Å². The summed E-state index contributed by atoms with van der Waals surface area (Å²) in [6.07, 6.45) is 1.40. The third kappa shape index (κ3) is 2.85. The molecule has 0 spiro atoms. The van der Waals surface area contributed by atoms with E-state index < -0.39 is 21.7 Å². The summed E-state index contributed by atoms with van der Waals surface area (Å²) >= 11 is 0. The maximum absolute atomic E-state index is 13.4. The molecule has 1 aromatic heterocycles. The summed E-state index contributed by atoms with van der Waals surface area (Å²) in [6.45, 7) is 0. The van der Waals surface area contributed by atoms with Crippen molar-refractivity contribution < 1.29 is 12.8 Å². The number of hydrogen-bond donors (Lipinski definition) is 2. The number of aromatic nitrogens is 2. The van der Waals surface area contributed by atoms with Crippen LogP contribution in [0.15, 0.2) is 18.2 Å². The fourth-order valence-electron chi connectivity index (χ4n) is 1.67. The summed E-state index contributed by atoms with van der Waals surface area (Å²) in [7, 11) is -3.06. The molecule has 0 saturated heterocycles. The Bertz CT molecular complexity index is 666. The summed E-state index contributed by atoms with van der Waals surface area (Å²) in [5.41, 5.74) is 6.62. The second-order valence-electron chi connectivity index (χ2n) is 4.28. The van der Waals surface area contributed by atoms with Crippen LogP contribution < -0.4 is 5.73 Å². The van der Waals surface area contributed by atoms with Gasteiger partial charge >= 0.3 is 0 Å². The topological polar surface area (TPSA) is 88.8 Å². The van der Waals surface area contributed by atoms with Crippen molar-refractivity contribution in [2.75, 3.05) is 12.0 Å². The van der Waals surface area contributed by atoms with E-state index in [1.165, 1.54) is 6.07 Å². The summed E-state index contributed by atoms with van der Waals surface area (Å²) < 4.78 is 35.5. The highest BCUT2D eigenvalue weighted by atomic mass is 32.2. The molecule has 3 N–H and O–H groups in total. The maximum Gasteiger partial charge on any atom is 0.151 e. The minimum atomic E-state index is -3.06. The van der Waals surface area contributed by atoms with Crippen LogP contribution in [-0.2, 0) is 9.84 Å². The lowest BCUT2D eigenvalue weighted by molar-refractivity contribution is 0.587. The van der Waals surface area contributed by atoms with Crippen LogP contribution in [0, 0.1) is 5.82 Å². The Kier molecular flexibility index (Phi) is 3.36. The van der Waals surface area contributed by atoms with E-state index in [0.717, 1.165) is 6.26 Å². The van der Waals surface area contributed by atoms with E-state index >= 15 is 0 Å². The molecule has 0 bridgehead atoms. The monoisotopic (exact) mass is 271 g/mol. The first-order valence-electron chi connectivity index (χ1n) is 5.44. The van der Waals surface area contributed by atoms with Crippen LogP contribution in [0.2, 0.25) is 0 Å². The molecule has 1 unspecified atom stereocenters. The molecule has 2 aromatic rings. The molecule has 1 heterocycles. The van der Waals surface area contributed by atoms with E-state index in [1.807, 2.05) is 0 Å². The molecular formula is C11H14FN3O2S. The van der Waals surface area contributed by atoms with Gasteiger partial charge in [-0.3, -0.25) is 0 Å². The Hall–Kier alpha value is -1.47. The molecule has 2 rings (SSSR count). The van der Waals surface area contributed by atoms with Gasteiger partial charge in [-0.05, 0) is 18.6 Å². The number of benzene rings is 1. The van der Waals surface area contributed by atoms with Crippen LogP contribution in [0.5, 0.6) is 0 Å². The first-order chi connectivity index (χ1) is 8.37. The van der Waals surface area contributed by atoms with Gasteiger partial charge < -0.3 is 10.7 Å². The summed E-state index contributed by atoms with van der Waals surface area (Å²) in [5.74, 6) is -0.0442. The van der Waals surface area contributed by atoms with Crippen LogP contribution in [0.4, 0.5) is 4.39 Å². The first-order valence-corrected chi connectivity index (χ1v) is 7.50. The summed E-state index contributed by atoms with van der Waals surface area (Å²) in [5, 5.41) is 0. The Balaban J connectivity index is 2.23. The van der Waals surface area contributed by atoms with Crippen LogP contribution in [0.1, 0.15) is 18.3 Å². The lowest BCUT2D eigenvalue weighted by Crippen LogP contribution is -2.16. The van der Waals surface area contributed by atoms with Crippen molar-refractivity contribution >= 4 is 20.9 Å². The third-order valence-electron chi connectivity index (χ3n) is 2.63. The number of imidazole rings is 1. The lowest BCUT2D eigenvalue weighted by Gasteiger charge is -2.06. The van der Waals surface area contributed by atoms with E-state index in [9.17, 15) is 12.8 Å². The first kappa shape index (κ1) is 13.0. The zero-order chi connectivity index (χ0) is 13.3. The number of fused-ring (bicyclic) bond motifs is 1. The van der Waals surface area contributed by atoms with Gasteiger partial charge in [0, 0.05) is 6.26 Å². The van der Waals surface area contributed by atoms with Crippen molar-refractivity contribution in [3.8, 4) is 0 Å². The predicted octanol–water partition coefficient (Wildman–Crippen LogP) is 1.14. The van der Waals surface area contributed by atoms with E-state index in [2.05, 4.69) is 9.97 Å². The molecule has 1 atom stereocenters. The number of nitrogens with zero attached hydrogens (tertiary/aromatic N) is 1. The van der Waals surface area contributed by atoms with Crippen molar-refractivity contribution in [1.82, 2.24) is 9.97 Å². The molecule has 0 aliphatic heterocycles. The molecule has 0 amide bonds. The number of nitrogens with one attached hydrogen (secondary N) is 1. The number of nitrogens with two attached hydrogens (primary N) is 1. The average Bonchev–Trinajstić information content (AvgIpc) is 2.70. The molecule has 0 aliphatic carbocycles. The van der Waals surface area contributed by atoms with Crippen LogP contribution in [0.3, 0.4) is 0 Å². The lowest BCUT2D eigenvalue weighted by atomic mass is 10.2. The number of hydrogen-bond acceptors (Lipinski definition) is 4. The Morgan fingerprint density at radius 3 is 2.83 bits per heavy atom. The fraction of sp³-hybridized carbons (Fsp3) is 0.364. The predicted molar refractivity (Wildman–Crippen MR) is 67.3 cm³/mol. The smallest absolute Gasteiger partial charge is 0.151 e. The largest absolute Gasteiger partial charge is 0.341 e. The van der Waals surface area contributed by atoms with E-state index in [-0.39, 0.29) is 17.7 Å². The molecular weight excluding hydrogens is 257 g/mol. The van der Waals surface area contributed by atoms with Gasteiger partial charge in [-0.25, -0.2) is 17.8 Å². The number of H-pyrrole nitrogens is 1. The van der Waals surface area contributed by atoms with Gasteiger partial charge in [0.05, 0.1) is 17.3 Å². The summed E-state index contributed by atoms with van der Waals surface area (Å²) in [6, 6.07) is 4.03. The fourth-order valence-corrected chi connectivity index (χ4v) is 2.35. The summed E-state index contributed by atoms with van der Waals surface area (Å²) in [4.78, 5) is 6.96. The van der Waals surface area contributed by atoms with Crippen LogP contribution in [0.25, 0.3) is 11.0 Å². The van der Waals surface area contributed by atoms with Crippen molar-refractivity contribution in [3.63, 3.8) is 0 Å². The highest BCUT2D eigenvalue weighted by molar-refractivity contribution is 7.90. The normalized spacial score (nSPS) is 13.9. The number of para-hydroxylation sites is 1. The molecule has 18 heavy (non-hydrogen) atoms. The molecule has 0 saturated carbocycles. The molecule has 0 fully saturated rings. The maximum atomic E-state index is 13.4. The Morgan fingerprint density at radius 1 is 1.50 bits per heavy atom. The quantitative estimate of drug-likeness (QED) is 0.872. The zero-order valence-corrected chi connectivity index (χ0v) is 10.7. The second-order valence-corrected chi connectivity index (χ2v) is 6.54. The second kappa shape index (κ2) is 4.66. The van der Waals surface area contributed by atoms with E-state index in [4.69, 9.17) is 5.73 Å². The van der Waals surface area contributed by atoms with Gasteiger partial charge in [-0.15, -0.1) is 0 Å². The van der Waals surface area contributed by atoms with Crippen LogP contribution >= 0.6 is 0 Å². The van der Waals surface area contributed by atoms with Gasteiger partial charge in [-0.2, -0.15) is 0 Å². The number of aromatic amines is 1. The number of rotatable bonds is 4. The van der Waals surface area contributed by atoms with Crippen LogP contribution in [-0.4, -0.2) is 30.4 Å². The standard InChI is InChI=1S/C11H14FN3O2S/c1-18(16,17)6-5-8(13)11-14-9-4-2-3-7(12)10(9)15-11/h2-4,8H,5-6,13H2,1H3,(H,14,15). The average molecular weight is 271 g/mol. The highest BCUT2D eigenvalue weighted by Crippen LogP contribution is 2.19.